The van der Waals surface area contributed by atoms with Gasteiger partial charge in [-0.25, -0.2) is 8.42 Å². The van der Waals surface area contributed by atoms with Crippen LogP contribution in [0.5, 0.6) is 0 Å². The van der Waals surface area contributed by atoms with Crippen LogP contribution in [0.2, 0.25) is 0 Å². The molecule has 26 heavy (non-hydrogen) atoms. The van der Waals surface area contributed by atoms with E-state index in [0.29, 0.717) is 12.1 Å². The molecule has 1 heterocycles. The molecule has 1 aliphatic heterocycles. The largest absolute Gasteiger partial charge is 0.332 e. The number of aryl methyl sites for hydroxylation is 1. The predicted octanol–water partition coefficient (Wildman–Crippen LogP) is 2.81. The maximum atomic E-state index is 12.9. The summed E-state index contributed by atoms with van der Waals surface area (Å²) < 4.78 is 23.8. The minimum absolute atomic E-state index is 0.0487. The van der Waals surface area contributed by atoms with Crippen LogP contribution >= 0.6 is 0 Å². The number of benzene rings is 2. The smallest absolute Gasteiger partial charge is 0.262 e. The van der Waals surface area contributed by atoms with Gasteiger partial charge in [0.25, 0.3) is 15.9 Å². The molecule has 0 aliphatic carbocycles. The Labute approximate surface area is 153 Å². The lowest BCUT2D eigenvalue weighted by molar-refractivity contribution is 0.0735. The number of amides is 1. The quantitative estimate of drug-likeness (QED) is 0.817. The fraction of sp³-hybridized carbons (Fsp3) is 0.316. The lowest BCUT2D eigenvalue weighted by Crippen LogP contribution is -2.30. The molecule has 7 heteroatoms. The third-order valence-electron chi connectivity index (χ3n) is 4.55. The summed E-state index contributed by atoms with van der Waals surface area (Å²) >= 11 is 0. The number of nitrogens with zero attached hydrogens (tertiary/aromatic N) is 1. The van der Waals surface area contributed by atoms with E-state index in [9.17, 15) is 13.2 Å². The minimum Gasteiger partial charge on any atom is -0.332 e. The van der Waals surface area contributed by atoms with Gasteiger partial charge in [0.1, 0.15) is 0 Å². The molecule has 1 saturated heterocycles. The molecule has 0 bridgehead atoms. The Morgan fingerprint density at radius 1 is 1.19 bits per heavy atom. The van der Waals surface area contributed by atoms with Crippen molar-refractivity contribution in [1.29, 1.82) is 0 Å². The number of nitrogens with one attached hydrogen (secondary N) is 1. The van der Waals surface area contributed by atoms with Crippen LogP contribution in [-0.4, -0.2) is 32.9 Å². The average Bonchev–Trinajstić information content (AvgIpc) is 3.11. The van der Waals surface area contributed by atoms with E-state index in [-0.39, 0.29) is 16.8 Å². The van der Waals surface area contributed by atoms with Crippen LogP contribution in [-0.2, 0) is 14.9 Å². The van der Waals surface area contributed by atoms with Gasteiger partial charge in [-0.15, -0.1) is 0 Å². The molecule has 2 aromatic carbocycles. The van der Waals surface area contributed by atoms with Crippen molar-refractivity contribution >= 4 is 15.9 Å². The molecule has 3 rings (SSSR count). The van der Waals surface area contributed by atoms with Crippen molar-refractivity contribution in [2.45, 2.75) is 30.7 Å². The molecule has 0 radical (unpaired) electrons. The van der Waals surface area contributed by atoms with Crippen molar-refractivity contribution in [3.05, 3.63) is 65.2 Å². The molecule has 0 spiro atoms. The number of sulfonamides is 1. The van der Waals surface area contributed by atoms with Crippen molar-refractivity contribution in [3.63, 3.8) is 0 Å². The first kappa shape index (κ1) is 18.6. The summed E-state index contributed by atoms with van der Waals surface area (Å²) in [5.74, 6) is -0.0855. The first-order valence-electron chi connectivity index (χ1n) is 8.45. The monoisotopic (exact) mass is 374 g/mol. The highest BCUT2D eigenvalue weighted by molar-refractivity contribution is 7.89. The van der Waals surface area contributed by atoms with E-state index in [1.54, 1.807) is 0 Å². The second kappa shape index (κ2) is 7.57. The Hall–Kier alpha value is -2.22. The summed E-state index contributed by atoms with van der Waals surface area (Å²) in [5, 5.41) is 0. The fourth-order valence-electron chi connectivity index (χ4n) is 3.33. The van der Waals surface area contributed by atoms with E-state index in [1.807, 2.05) is 28.8 Å². The molecule has 1 atom stereocenters. The van der Waals surface area contributed by atoms with Crippen molar-refractivity contribution < 1.29 is 18.0 Å². The van der Waals surface area contributed by atoms with Crippen molar-refractivity contribution in [2.75, 3.05) is 13.7 Å². The van der Waals surface area contributed by atoms with Crippen LogP contribution < -0.4 is 4.89 Å². The highest BCUT2D eigenvalue weighted by Gasteiger charge is 2.30. The molecule has 1 unspecified atom stereocenters. The van der Waals surface area contributed by atoms with Gasteiger partial charge < -0.3 is 4.90 Å². The Morgan fingerprint density at radius 2 is 1.92 bits per heavy atom. The summed E-state index contributed by atoms with van der Waals surface area (Å²) in [6.07, 6.45) is 1.88. The summed E-state index contributed by atoms with van der Waals surface area (Å²) in [6, 6.07) is 14.2. The van der Waals surface area contributed by atoms with Crippen LogP contribution in [0.15, 0.2) is 53.4 Å². The van der Waals surface area contributed by atoms with Crippen LogP contribution in [0.25, 0.3) is 0 Å². The van der Waals surface area contributed by atoms with E-state index < -0.39 is 10.0 Å². The van der Waals surface area contributed by atoms with Gasteiger partial charge in [0.15, 0.2) is 0 Å². The van der Waals surface area contributed by atoms with Crippen LogP contribution in [0.3, 0.4) is 0 Å². The molecule has 6 nitrogen and oxygen atoms in total. The second-order valence-electron chi connectivity index (χ2n) is 6.39. The highest BCUT2D eigenvalue weighted by atomic mass is 32.2. The lowest BCUT2D eigenvalue weighted by atomic mass is 10.0. The Balaban J connectivity index is 1.82. The molecule has 1 N–H and O–H groups in total. The first-order valence-corrected chi connectivity index (χ1v) is 9.93. The molecule has 1 aliphatic rings. The zero-order valence-corrected chi connectivity index (χ0v) is 15.6. The van der Waals surface area contributed by atoms with E-state index in [4.69, 9.17) is 0 Å². The molecule has 1 amide bonds. The van der Waals surface area contributed by atoms with Crippen molar-refractivity contribution in [3.8, 4) is 0 Å². The Kier molecular flexibility index (Phi) is 5.41. The molecule has 1 fully saturated rings. The van der Waals surface area contributed by atoms with Crippen molar-refractivity contribution in [1.82, 2.24) is 9.79 Å². The summed E-state index contributed by atoms with van der Waals surface area (Å²) in [4.78, 5) is 21.3. The first-order chi connectivity index (χ1) is 12.4. The van der Waals surface area contributed by atoms with Gasteiger partial charge in [0, 0.05) is 12.1 Å². The van der Waals surface area contributed by atoms with Gasteiger partial charge in [-0.3, -0.25) is 9.63 Å². The van der Waals surface area contributed by atoms with Gasteiger partial charge >= 0.3 is 0 Å². The summed E-state index contributed by atoms with van der Waals surface area (Å²) in [7, 11) is -2.50. The Bertz CT molecular complexity index is 894. The van der Waals surface area contributed by atoms with Crippen LogP contribution in [0.4, 0.5) is 0 Å². The summed E-state index contributed by atoms with van der Waals surface area (Å²) in [5.41, 5.74) is 2.78. The third-order valence-corrected chi connectivity index (χ3v) is 5.82. The molecule has 0 aromatic heterocycles. The van der Waals surface area contributed by atoms with Crippen LogP contribution in [0.1, 0.15) is 40.4 Å². The molecular weight excluding hydrogens is 352 g/mol. The predicted molar refractivity (Wildman–Crippen MR) is 98.0 cm³/mol. The molecule has 0 saturated carbocycles. The maximum Gasteiger partial charge on any atom is 0.262 e. The number of carbonyl (C=O) groups is 1. The zero-order chi connectivity index (χ0) is 18.7. The molecular formula is C19H22N2O4S. The van der Waals surface area contributed by atoms with Gasteiger partial charge in [-0.05, 0) is 49.6 Å². The third kappa shape index (κ3) is 3.80. The number of hydrogen-bond donors (Lipinski definition) is 1. The van der Waals surface area contributed by atoms with E-state index >= 15 is 0 Å². The minimum atomic E-state index is -3.73. The van der Waals surface area contributed by atoms with Gasteiger partial charge in [0.2, 0.25) is 0 Å². The lowest BCUT2D eigenvalue weighted by Gasteiger charge is -2.25. The SMILES string of the molecule is CONS(=O)(=O)c1ccc(C(=O)N2CCCC2c2cccc(C)c2)cc1. The van der Waals surface area contributed by atoms with Crippen molar-refractivity contribution in [2.24, 2.45) is 0 Å². The van der Waals surface area contributed by atoms with E-state index in [1.165, 1.54) is 36.9 Å². The van der Waals surface area contributed by atoms with Gasteiger partial charge in [-0.2, -0.15) is 0 Å². The zero-order valence-electron chi connectivity index (χ0n) is 14.8. The molecule has 2 aromatic rings. The van der Waals surface area contributed by atoms with Crippen LogP contribution in [0, 0.1) is 6.92 Å². The maximum absolute atomic E-state index is 12.9. The number of likely N-dealkylation sites (tertiary alicyclic amines) is 1. The number of carbonyl (C=O) groups excluding carboxylic acids is 1. The standard InChI is InChI=1S/C19H22N2O4S/c1-14-5-3-6-16(13-14)18-7-4-12-21(18)19(22)15-8-10-17(11-9-15)26(23,24)20-25-2/h3,5-6,8-11,13,18,20H,4,7,12H2,1-2H3. The number of hydrogen-bond acceptors (Lipinski definition) is 4. The fourth-order valence-corrected chi connectivity index (χ4v) is 4.14. The molecule has 138 valence electrons. The number of rotatable bonds is 5. The normalized spacial score (nSPS) is 17.5. The Morgan fingerprint density at radius 3 is 2.58 bits per heavy atom. The highest BCUT2D eigenvalue weighted by Crippen LogP contribution is 2.33. The van der Waals surface area contributed by atoms with E-state index in [2.05, 4.69) is 17.0 Å². The van der Waals surface area contributed by atoms with Gasteiger partial charge in [-0.1, -0.05) is 34.7 Å². The van der Waals surface area contributed by atoms with E-state index in [0.717, 1.165) is 18.4 Å². The average molecular weight is 374 g/mol. The topological polar surface area (TPSA) is 75.7 Å². The summed E-state index contributed by atoms with van der Waals surface area (Å²) in [6.45, 7) is 2.74. The van der Waals surface area contributed by atoms with Gasteiger partial charge in [0.05, 0.1) is 18.0 Å². The second-order valence-corrected chi connectivity index (χ2v) is 8.03.